The van der Waals surface area contributed by atoms with Crippen LogP contribution in [0.15, 0.2) is 46.0 Å². The predicted octanol–water partition coefficient (Wildman–Crippen LogP) is 3.69. The smallest absolute Gasteiger partial charge is 0.332 e. The number of nitrogens with zero attached hydrogens (tertiary/aromatic N) is 1. The van der Waals surface area contributed by atoms with E-state index in [1.807, 2.05) is 12.1 Å². The van der Waals surface area contributed by atoms with Crippen LogP contribution >= 0.6 is 27.5 Å². The third-order valence-electron chi connectivity index (χ3n) is 2.94. The van der Waals surface area contributed by atoms with Gasteiger partial charge in [0.25, 0.3) is 0 Å². The van der Waals surface area contributed by atoms with E-state index in [0.29, 0.717) is 33.2 Å². The van der Waals surface area contributed by atoms with Crippen molar-refractivity contribution in [1.29, 1.82) is 0 Å². The lowest BCUT2D eigenvalue weighted by Gasteiger charge is -2.13. The maximum absolute atomic E-state index is 10.6. The molecule has 6 nitrogen and oxygen atoms in total. The fraction of sp³-hybridized carbons (Fsp3) is 0.125. The monoisotopic (exact) mass is 411 g/mol. The molecule has 8 heteroatoms. The number of hydrogen-bond donors (Lipinski definition) is 2. The summed E-state index contributed by atoms with van der Waals surface area (Å²) in [6, 6.07) is 10.2. The van der Waals surface area contributed by atoms with Crippen molar-refractivity contribution >= 4 is 39.8 Å². The summed E-state index contributed by atoms with van der Waals surface area (Å²) in [6.07, 6.45) is 1.45. The number of methoxy groups -OCH3 is 1. The zero-order chi connectivity index (χ0) is 17.5. The zero-order valence-corrected chi connectivity index (χ0v) is 15.1. The number of hydrazone groups is 1. The third kappa shape index (κ3) is 5.14. The van der Waals surface area contributed by atoms with Gasteiger partial charge in [0.05, 0.1) is 17.8 Å². The number of rotatable bonds is 6. The van der Waals surface area contributed by atoms with E-state index in [1.165, 1.54) is 6.21 Å². The highest BCUT2D eigenvalue weighted by atomic mass is 79.9. The first-order chi connectivity index (χ1) is 11.5. The first-order valence-electron chi connectivity index (χ1n) is 6.83. The molecular formula is C16H15BrClN3O3. The topological polar surface area (TPSA) is 85.9 Å². The van der Waals surface area contributed by atoms with Crippen LogP contribution in [-0.2, 0) is 6.61 Å². The van der Waals surface area contributed by atoms with E-state index in [9.17, 15) is 4.79 Å². The minimum absolute atomic E-state index is 0.364. The van der Waals surface area contributed by atoms with Gasteiger partial charge < -0.3 is 15.2 Å². The van der Waals surface area contributed by atoms with E-state index < -0.39 is 6.03 Å². The Balaban J connectivity index is 2.15. The summed E-state index contributed by atoms with van der Waals surface area (Å²) in [7, 11) is 1.54. The Morgan fingerprint density at radius 2 is 2.08 bits per heavy atom. The number of ether oxygens (including phenoxy) is 2. The number of hydrogen-bond acceptors (Lipinski definition) is 4. The third-order valence-corrected chi connectivity index (χ3v) is 3.78. The lowest BCUT2D eigenvalue weighted by Crippen LogP contribution is -2.24. The molecule has 0 fully saturated rings. The summed E-state index contributed by atoms with van der Waals surface area (Å²) in [5, 5.41) is 4.38. The van der Waals surface area contributed by atoms with E-state index in [2.05, 4.69) is 26.5 Å². The molecule has 0 aromatic heterocycles. The second-order valence-corrected chi connectivity index (χ2v) is 5.97. The van der Waals surface area contributed by atoms with Crippen LogP contribution < -0.4 is 20.6 Å². The molecule has 2 amide bonds. The van der Waals surface area contributed by atoms with E-state index in [1.54, 1.807) is 31.4 Å². The molecule has 0 saturated carbocycles. The second kappa shape index (κ2) is 8.56. The van der Waals surface area contributed by atoms with Crippen molar-refractivity contribution in [3.63, 3.8) is 0 Å². The van der Waals surface area contributed by atoms with Crippen LogP contribution in [0, 0.1) is 0 Å². The summed E-state index contributed by atoms with van der Waals surface area (Å²) in [5.41, 5.74) is 8.75. The summed E-state index contributed by atoms with van der Waals surface area (Å²) in [5.74, 6) is 1.09. The van der Waals surface area contributed by atoms with Crippen LogP contribution in [0.1, 0.15) is 11.1 Å². The summed E-state index contributed by atoms with van der Waals surface area (Å²) in [4.78, 5) is 10.6. The number of benzene rings is 2. The zero-order valence-electron chi connectivity index (χ0n) is 12.8. The number of halogens is 2. The lowest BCUT2D eigenvalue weighted by molar-refractivity contribution is 0.249. The van der Waals surface area contributed by atoms with Gasteiger partial charge in [-0.1, -0.05) is 23.7 Å². The Bertz CT molecular complexity index is 751. The molecule has 0 atom stereocenters. The van der Waals surface area contributed by atoms with E-state index in [0.717, 1.165) is 5.56 Å². The average Bonchev–Trinajstić information content (AvgIpc) is 2.54. The maximum atomic E-state index is 10.6. The lowest BCUT2D eigenvalue weighted by atomic mass is 10.2. The van der Waals surface area contributed by atoms with Crippen molar-refractivity contribution in [2.45, 2.75) is 6.61 Å². The molecule has 0 radical (unpaired) electrons. The van der Waals surface area contributed by atoms with Crippen LogP contribution in [0.2, 0.25) is 5.02 Å². The summed E-state index contributed by atoms with van der Waals surface area (Å²) < 4.78 is 11.9. The van der Waals surface area contributed by atoms with Gasteiger partial charge in [0, 0.05) is 5.02 Å². The van der Waals surface area contributed by atoms with Gasteiger partial charge in [0.15, 0.2) is 11.5 Å². The van der Waals surface area contributed by atoms with Crippen molar-refractivity contribution in [2.24, 2.45) is 10.8 Å². The van der Waals surface area contributed by atoms with Crippen LogP contribution in [-0.4, -0.2) is 19.4 Å². The van der Waals surface area contributed by atoms with E-state index in [-0.39, 0.29) is 0 Å². The second-order valence-electron chi connectivity index (χ2n) is 4.68. The Hall–Kier alpha value is -2.25. The van der Waals surface area contributed by atoms with Crippen molar-refractivity contribution in [3.8, 4) is 11.5 Å². The van der Waals surface area contributed by atoms with Crippen molar-refractivity contribution < 1.29 is 14.3 Å². The Morgan fingerprint density at radius 1 is 1.38 bits per heavy atom. The number of nitrogens with two attached hydrogens (primary N) is 1. The van der Waals surface area contributed by atoms with Gasteiger partial charge in [-0.25, -0.2) is 10.2 Å². The molecule has 0 aliphatic rings. The molecule has 2 aromatic rings. The van der Waals surface area contributed by atoms with Crippen molar-refractivity contribution in [2.75, 3.05) is 7.11 Å². The van der Waals surface area contributed by atoms with Crippen molar-refractivity contribution in [1.82, 2.24) is 5.43 Å². The molecule has 0 saturated heterocycles. The normalized spacial score (nSPS) is 10.6. The molecule has 126 valence electrons. The van der Waals surface area contributed by atoms with Crippen LogP contribution in [0.5, 0.6) is 11.5 Å². The quantitative estimate of drug-likeness (QED) is 0.560. The number of carbonyl (C=O) groups excluding carboxylic acids is 1. The average molecular weight is 413 g/mol. The highest BCUT2D eigenvalue weighted by Gasteiger charge is 2.11. The maximum Gasteiger partial charge on any atom is 0.332 e. The van der Waals surface area contributed by atoms with Gasteiger partial charge in [-0.3, -0.25) is 0 Å². The first-order valence-corrected chi connectivity index (χ1v) is 8.00. The Morgan fingerprint density at radius 3 is 2.71 bits per heavy atom. The molecule has 2 aromatic carbocycles. The molecular weight excluding hydrogens is 398 g/mol. The van der Waals surface area contributed by atoms with Crippen LogP contribution in [0.4, 0.5) is 4.79 Å². The van der Waals surface area contributed by atoms with Gasteiger partial charge in [0.2, 0.25) is 0 Å². The van der Waals surface area contributed by atoms with Crippen LogP contribution in [0.25, 0.3) is 0 Å². The molecule has 0 heterocycles. The Kier molecular flexibility index (Phi) is 6.45. The summed E-state index contributed by atoms with van der Waals surface area (Å²) in [6.45, 7) is 0.364. The minimum Gasteiger partial charge on any atom is -0.493 e. The minimum atomic E-state index is -0.736. The highest BCUT2D eigenvalue weighted by molar-refractivity contribution is 9.10. The number of primary amides is 1. The molecule has 0 bridgehead atoms. The predicted molar refractivity (Wildman–Crippen MR) is 96.8 cm³/mol. The number of nitrogens with one attached hydrogen (secondary N) is 1. The fourth-order valence-corrected chi connectivity index (χ4v) is 2.56. The van der Waals surface area contributed by atoms with Crippen LogP contribution in [0.3, 0.4) is 0 Å². The first kappa shape index (κ1) is 18.1. The molecule has 3 N–H and O–H groups in total. The van der Waals surface area contributed by atoms with Gasteiger partial charge in [-0.2, -0.15) is 5.10 Å². The van der Waals surface area contributed by atoms with Gasteiger partial charge in [0.1, 0.15) is 6.61 Å². The Labute approximate surface area is 152 Å². The highest BCUT2D eigenvalue weighted by Crippen LogP contribution is 2.36. The van der Waals surface area contributed by atoms with Gasteiger partial charge >= 0.3 is 6.03 Å². The van der Waals surface area contributed by atoms with Gasteiger partial charge in [-0.05, 0) is 51.3 Å². The molecule has 24 heavy (non-hydrogen) atoms. The number of amides is 2. The van der Waals surface area contributed by atoms with E-state index in [4.69, 9.17) is 26.8 Å². The fourth-order valence-electron chi connectivity index (χ4n) is 1.86. The standard InChI is InChI=1S/C16H15BrClN3O3/c1-23-14-7-11(8-20-21-16(19)22)6-13(17)15(14)24-9-10-2-4-12(18)5-3-10/h2-8H,9H2,1H3,(H3,19,21,22). The number of carbonyl (C=O) groups is 1. The number of urea groups is 1. The molecule has 0 unspecified atom stereocenters. The summed E-state index contributed by atoms with van der Waals surface area (Å²) >= 11 is 9.31. The molecule has 0 aliphatic carbocycles. The van der Waals surface area contributed by atoms with Gasteiger partial charge in [-0.15, -0.1) is 0 Å². The molecule has 0 spiro atoms. The van der Waals surface area contributed by atoms with Crippen molar-refractivity contribution in [3.05, 3.63) is 57.0 Å². The molecule has 0 aliphatic heterocycles. The van der Waals surface area contributed by atoms with E-state index >= 15 is 0 Å². The molecule has 2 rings (SSSR count). The largest absolute Gasteiger partial charge is 0.493 e. The SMILES string of the molecule is COc1cc(C=NNC(N)=O)cc(Br)c1OCc1ccc(Cl)cc1.